The predicted molar refractivity (Wildman–Crippen MR) is 80.3 cm³/mol. The molecule has 22 heavy (non-hydrogen) atoms. The average molecular weight is 297 g/mol. The quantitative estimate of drug-likeness (QED) is 0.852. The molecule has 0 aliphatic carbocycles. The molecule has 2 aromatic rings. The first-order chi connectivity index (χ1) is 10.6. The summed E-state index contributed by atoms with van der Waals surface area (Å²) >= 11 is 0. The second-order valence-corrected chi connectivity index (χ2v) is 4.96. The van der Waals surface area contributed by atoms with Gasteiger partial charge in [0.15, 0.2) is 0 Å². The molecule has 0 N–H and O–H groups in total. The fraction of sp³-hybridized carbons (Fsp3) is 0.235. The molecule has 0 saturated heterocycles. The van der Waals surface area contributed by atoms with E-state index in [1.807, 2.05) is 12.1 Å². The number of aromatic nitrogens is 1. The maximum absolute atomic E-state index is 13.3. The van der Waals surface area contributed by atoms with Crippen LogP contribution in [0.25, 0.3) is 0 Å². The molecule has 0 atom stereocenters. The number of pyridine rings is 1. The van der Waals surface area contributed by atoms with E-state index in [2.05, 4.69) is 4.98 Å². The Morgan fingerprint density at radius 2 is 2.23 bits per heavy atom. The molecule has 0 aliphatic rings. The van der Waals surface area contributed by atoms with Crippen LogP contribution in [0.4, 0.5) is 4.39 Å². The van der Waals surface area contributed by atoms with E-state index in [1.54, 1.807) is 30.3 Å². The Balaban J connectivity index is 2.22. The molecule has 1 aromatic carbocycles. The number of carbonyl (C=O) groups is 1. The van der Waals surface area contributed by atoms with Crippen molar-refractivity contribution in [2.45, 2.75) is 19.9 Å². The van der Waals surface area contributed by atoms with E-state index >= 15 is 0 Å². The number of benzene rings is 1. The Morgan fingerprint density at radius 3 is 2.86 bits per heavy atom. The van der Waals surface area contributed by atoms with Gasteiger partial charge in [-0.05, 0) is 42.3 Å². The van der Waals surface area contributed by atoms with Gasteiger partial charge >= 0.3 is 0 Å². The molecule has 0 aliphatic heterocycles. The van der Waals surface area contributed by atoms with E-state index in [4.69, 9.17) is 5.26 Å². The highest BCUT2D eigenvalue weighted by Crippen LogP contribution is 2.14. The number of nitrogens with zero attached hydrogens (tertiary/aromatic N) is 3. The van der Waals surface area contributed by atoms with Crippen molar-refractivity contribution in [1.29, 1.82) is 5.26 Å². The third kappa shape index (κ3) is 3.89. The molecule has 0 bridgehead atoms. The molecule has 2 rings (SSSR count). The summed E-state index contributed by atoms with van der Waals surface area (Å²) in [6.45, 7) is 2.30. The van der Waals surface area contributed by atoms with Crippen LogP contribution in [-0.4, -0.2) is 22.3 Å². The summed E-state index contributed by atoms with van der Waals surface area (Å²) in [4.78, 5) is 18.2. The zero-order valence-corrected chi connectivity index (χ0v) is 12.3. The number of nitriles is 1. The minimum Gasteiger partial charge on any atom is -0.333 e. The van der Waals surface area contributed by atoms with Crippen LogP contribution >= 0.6 is 0 Å². The molecule has 1 amide bonds. The van der Waals surface area contributed by atoms with E-state index in [-0.39, 0.29) is 18.1 Å². The zero-order valence-electron chi connectivity index (χ0n) is 12.3. The van der Waals surface area contributed by atoms with Crippen molar-refractivity contribution in [2.24, 2.45) is 0 Å². The van der Waals surface area contributed by atoms with Crippen molar-refractivity contribution < 1.29 is 9.18 Å². The van der Waals surface area contributed by atoms with E-state index in [9.17, 15) is 9.18 Å². The van der Waals surface area contributed by atoms with Crippen molar-refractivity contribution >= 4 is 5.91 Å². The Kier molecular flexibility index (Phi) is 5.21. The summed E-state index contributed by atoms with van der Waals surface area (Å²) in [6.07, 6.45) is 3.59. The van der Waals surface area contributed by atoms with Gasteiger partial charge < -0.3 is 4.90 Å². The highest BCUT2D eigenvalue weighted by Gasteiger charge is 2.17. The number of amides is 1. The lowest BCUT2D eigenvalue weighted by molar-refractivity contribution is 0.0746. The smallest absolute Gasteiger partial charge is 0.254 e. The molecule has 0 saturated carbocycles. The van der Waals surface area contributed by atoms with Crippen molar-refractivity contribution in [3.8, 4) is 6.07 Å². The number of aryl methyl sites for hydroxylation is 1. The fourth-order valence-electron chi connectivity index (χ4n) is 2.11. The van der Waals surface area contributed by atoms with Crippen molar-refractivity contribution in [3.63, 3.8) is 0 Å². The van der Waals surface area contributed by atoms with Gasteiger partial charge in [0.25, 0.3) is 5.91 Å². The van der Waals surface area contributed by atoms with Gasteiger partial charge in [-0.2, -0.15) is 5.26 Å². The Morgan fingerprint density at radius 1 is 1.41 bits per heavy atom. The minimum atomic E-state index is -0.340. The van der Waals surface area contributed by atoms with Crippen LogP contribution in [0.15, 0.2) is 42.7 Å². The number of hydrogen-bond donors (Lipinski definition) is 0. The summed E-state index contributed by atoms with van der Waals surface area (Å²) < 4.78 is 13.3. The average Bonchev–Trinajstić information content (AvgIpc) is 2.54. The second-order valence-electron chi connectivity index (χ2n) is 4.96. The second kappa shape index (κ2) is 7.32. The topological polar surface area (TPSA) is 57.0 Å². The zero-order chi connectivity index (χ0) is 15.9. The van der Waals surface area contributed by atoms with Gasteiger partial charge in [0, 0.05) is 31.0 Å². The van der Waals surface area contributed by atoms with Gasteiger partial charge in [-0.15, -0.1) is 0 Å². The van der Waals surface area contributed by atoms with Crippen LogP contribution in [0.5, 0.6) is 0 Å². The molecular weight excluding hydrogens is 281 g/mol. The SMILES string of the molecule is Cc1cc(C(=O)N(CCC#N)Cc2cccnc2)ccc1F. The molecule has 0 unspecified atom stereocenters. The highest BCUT2D eigenvalue weighted by atomic mass is 19.1. The van der Waals surface area contributed by atoms with Crippen LogP contribution in [0, 0.1) is 24.1 Å². The third-order valence-electron chi connectivity index (χ3n) is 3.28. The fourth-order valence-corrected chi connectivity index (χ4v) is 2.11. The van der Waals surface area contributed by atoms with Crippen LogP contribution in [0.3, 0.4) is 0 Å². The lowest BCUT2D eigenvalue weighted by atomic mass is 10.1. The summed E-state index contributed by atoms with van der Waals surface area (Å²) in [6, 6.07) is 9.99. The predicted octanol–water partition coefficient (Wildman–Crippen LogP) is 3.09. The molecule has 0 spiro atoms. The van der Waals surface area contributed by atoms with E-state index in [0.717, 1.165) is 5.56 Å². The van der Waals surface area contributed by atoms with Crippen molar-refractivity contribution in [3.05, 3.63) is 65.2 Å². The lowest BCUT2D eigenvalue weighted by Gasteiger charge is -2.22. The molecule has 1 heterocycles. The van der Waals surface area contributed by atoms with Gasteiger partial charge in [-0.1, -0.05) is 6.07 Å². The number of halogens is 1. The molecule has 0 fully saturated rings. The molecule has 1 aromatic heterocycles. The van der Waals surface area contributed by atoms with Crippen LogP contribution in [0.2, 0.25) is 0 Å². The normalized spacial score (nSPS) is 10.0. The Labute approximate surface area is 128 Å². The molecule has 0 radical (unpaired) electrons. The summed E-state index contributed by atoms with van der Waals surface area (Å²) in [5.41, 5.74) is 1.72. The van der Waals surface area contributed by atoms with Crippen LogP contribution in [-0.2, 0) is 6.54 Å². The Hall–Kier alpha value is -2.74. The Bertz CT molecular complexity index is 695. The van der Waals surface area contributed by atoms with E-state index in [0.29, 0.717) is 24.2 Å². The highest BCUT2D eigenvalue weighted by molar-refractivity contribution is 5.94. The van der Waals surface area contributed by atoms with Crippen molar-refractivity contribution in [1.82, 2.24) is 9.88 Å². The molecular formula is C17H16FN3O. The van der Waals surface area contributed by atoms with Crippen LogP contribution in [0.1, 0.15) is 27.9 Å². The van der Waals surface area contributed by atoms with Gasteiger partial charge in [-0.25, -0.2) is 4.39 Å². The minimum absolute atomic E-state index is 0.220. The maximum Gasteiger partial charge on any atom is 0.254 e. The molecule has 5 heteroatoms. The maximum atomic E-state index is 13.3. The number of hydrogen-bond acceptors (Lipinski definition) is 3. The van der Waals surface area contributed by atoms with Gasteiger partial charge in [0.2, 0.25) is 0 Å². The van der Waals surface area contributed by atoms with E-state index < -0.39 is 0 Å². The first kappa shape index (κ1) is 15.6. The first-order valence-corrected chi connectivity index (χ1v) is 6.93. The van der Waals surface area contributed by atoms with E-state index in [1.165, 1.54) is 18.2 Å². The largest absolute Gasteiger partial charge is 0.333 e. The first-order valence-electron chi connectivity index (χ1n) is 6.93. The standard InChI is InChI=1S/C17H16FN3O/c1-13-10-15(5-6-16(13)18)17(22)21(9-3-7-19)12-14-4-2-8-20-11-14/h2,4-6,8,10-11H,3,9,12H2,1H3. The number of carbonyl (C=O) groups excluding carboxylic acids is 1. The van der Waals surface area contributed by atoms with Crippen LogP contribution < -0.4 is 0 Å². The number of rotatable bonds is 5. The van der Waals surface area contributed by atoms with Gasteiger partial charge in [0.05, 0.1) is 12.5 Å². The van der Waals surface area contributed by atoms with Crippen molar-refractivity contribution in [2.75, 3.05) is 6.54 Å². The summed E-state index contributed by atoms with van der Waals surface area (Å²) in [5.74, 6) is -0.561. The summed E-state index contributed by atoms with van der Waals surface area (Å²) in [7, 11) is 0. The molecule has 112 valence electrons. The van der Waals surface area contributed by atoms with Gasteiger partial charge in [-0.3, -0.25) is 9.78 Å². The lowest BCUT2D eigenvalue weighted by Crippen LogP contribution is -2.31. The molecule has 4 nitrogen and oxygen atoms in total. The van der Waals surface area contributed by atoms with Gasteiger partial charge in [0.1, 0.15) is 5.82 Å². The third-order valence-corrected chi connectivity index (χ3v) is 3.28. The monoisotopic (exact) mass is 297 g/mol. The summed E-state index contributed by atoms with van der Waals surface area (Å²) in [5, 5.41) is 8.76.